The maximum Gasteiger partial charge on any atom is 0.347 e. The van der Waals surface area contributed by atoms with Crippen LogP contribution in [0.25, 0.3) is 28.1 Å². The number of unbranched alkanes of at least 4 members (excludes halogenated alkanes) is 1. The number of rotatable bonds is 9. The van der Waals surface area contributed by atoms with Crippen LogP contribution in [0.1, 0.15) is 45.6 Å². The summed E-state index contributed by atoms with van der Waals surface area (Å²) in [6.07, 6.45) is 1.67. The molecule has 0 aliphatic carbocycles. The van der Waals surface area contributed by atoms with Gasteiger partial charge in [-0.1, -0.05) is 61.4 Å². The molecule has 0 fully saturated rings. The SMILES string of the molecule is CCCCC(Oc1ccc2nc(-c3ccccc3)n(-c3ccc(C)cc3)c2c1)C(=O)OC(C)C. The van der Waals surface area contributed by atoms with Gasteiger partial charge in [-0.3, -0.25) is 4.57 Å². The van der Waals surface area contributed by atoms with Crippen LogP contribution in [0.3, 0.4) is 0 Å². The minimum absolute atomic E-state index is 0.181. The molecule has 176 valence electrons. The van der Waals surface area contributed by atoms with Crippen LogP contribution in [0.5, 0.6) is 5.75 Å². The van der Waals surface area contributed by atoms with Crippen molar-refractivity contribution in [1.82, 2.24) is 9.55 Å². The van der Waals surface area contributed by atoms with E-state index in [1.807, 2.05) is 50.2 Å². The first kappa shape index (κ1) is 23.6. The third-order valence-corrected chi connectivity index (χ3v) is 5.66. The Labute approximate surface area is 201 Å². The van der Waals surface area contributed by atoms with Crippen molar-refractivity contribution in [2.45, 2.75) is 59.2 Å². The third kappa shape index (κ3) is 5.30. The molecule has 0 amide bonds. The molecule has 5 nitrogen and oxygen atoms in total. The lowest BCUT2D eigenvalue weighted by Gasteiger charge is -2.19. The number of ether oxygens (including phenoxy) is 2. The van der Waals surface area contributed by atoms with Gasteiger partial charge >= 0.3 is 5.97 Å². The van der Waals surface area contributed by atoms with Gasteiger partial charge in [-0.2, -0.15) is 0 Å². The lowest BCUT2D eigenvalue weighted by molar-refractivity contribution is -0.156. The van der Waals surface area contributed by atoms with Gasteiger partial charge in [-0.25, -0.2) is 9.78 Å². The molecule has 0 radical (unpaired) electrons. The van der Waals surface area contributed by atoms with Crippen molar-refractivity contribution in [3.8, 4) is 22.8 Å². The molecule has 0 saturated heterocycles. The quantitative estimate of drug-likeness (QED) is 0.257. The van der Waals surface area contributed by atoms with Gasteiger partial charge in [0.15, 0.2) is 6.10 Å². The maximum absolute atomic E-state index is 12.7. The predicted octanol–water partition coefficient (Wildman–Crippen LogP) is 6.89. The second-order valence-corrected chi connectivity index (χ2v) is 8.86. The summed E-state index contributed by atoms with van der Waals surface area (Å²) in [4.78, 5) is 17.6. The number of aromatic nitrogens is 2. The van der Waals surface area contributed by atoms with Crippen molar-refractivity contribution in [3.05, 3.63) is 78.4 Å². The molecule has 0 saturated carbocycles. The number of hydrogen-bond acceptors (Lipinski definition) is 4. The fourth-order valence-electron chi connectivity index (χ4n) is 3.95. The summed E-state index contributed by atoms with van der Waals surface area (Å²) < 4.78 is 13.8. The molecule has 5 heteroatoms. The lowest BCUT2D eigenvalue weighted by Crippen LogP contribution is -2.31. The first-order chi connectivity index (χ1) is 16.5. The number of imidazole rings is 1. The van der Waals surface area contributed by atoms with E-state index in [0.29, 0.717) is 12.2 Å². The number of fused-ring (bicyclic) bond motifs is 1. The Hall–Kier alpha value is -3.60. The Bertz CT molecular complexity index is 1240. The van der Waals surface area contributed by atoms with Gasteiger partial charge in [0, 0.05) is 17.3 Å². The van der Waals surface area contributed by atoms with Crippen molar-refractivity contribution in [1.29, 1.82) is 0 Å². The van der Waals surface area contributed by atoms with Crippen LogP contribution >= 0.6 is 0 Å². The van der Waals surface area contributed by atoms with Gasteiger partial charge in [0.2, 0.25) is 0 Å². The molecule has 0 aliphatic rings. The van der Waals surface area contributed by atoms with E-state index in [0.717, 1.165) is 41.0 Å². The van der Waals surface area contributed by atoms with Crippen LogP contribution in [-0.2, 0) is 9.53 Å². The number of esters is 1. The first-order valence-electron chi connectivity index (χ1n) is 12.0. The standard InChI is InChI=1S/C29H32N2O3/c1-5-6-12-27(29(32)33-20(2)3)34-24-17-18-25-26(19-24)31(23-15-13-21(4)14-16-23)28(30-25)22-10-8-7-9-11-22/h7-11,13-20,27H,5-6,12H2,1-4H3. The van der Waals surface area contributed by atoms with E-state index < -0.39 is 6.10 Å². The topological polar surface area (TPSA) is 53.4 Å². The third-order valence-electron chi connectivity index (χ3n) is 5.66. The molecule has 4 aromatic rings. The van der Waals surface area contributed by atoms with Crippen LogP contribution in [0.15, 0.2) is 72.8 Å². The zero-order valence-corrected chi connectivity index (χ0v) is 20.3. The zero-order valence-electron chi connectivity index (χ0n) is 20.3. The van der Waals surface area contributed by atoms with Gasteiger partial charge in [-0.15, -0.1) is 0 Å². The normalized spacial score (nSPS) is 12.1. The Morgan fingerprint density at radius 3 is 2.41 bits per heavy atom. The molecule has 1 unspecified atom stereocenters. The number of benzene rings is 3. The number of aryl methyl sites for hydroxylation is 1. The molecule has 34 heavy (non-hydrogen) atoms. The van der Waals surface area contributed by atoms with E-state index in [4.69, 9.17) is 14.5 Å². The molecule has 0 N–H and O–H groups in total. The largest absolute Gasteiger partial charge is 0.479 e. The Morgan fingerprint density at radius 2 is 1.74 bits per heavy atom. The van der Waals surface area contributed by atoms with Crippen LogP contribution in [0.2, 0.25) is 0 Å². The lowest BCUT2D eigenvalue weighted by atomic mass is 10.1. The molecule has 4 rings (SSSR count). The van der Waals surface area contributed by atoms with E-state index in [9.17, 15) is 4.79 Å². The molecular formula is C29H32N2O3. The van der Waals surface area contributed by atoms with E-state index in [1.165, 1.54) is 5.56 Å². The molecule has 1 atom stereocenters. The fraction of sp³-hybridized carbons (Fsp3) is 0.310. The zero-order chi connectivity index (χ0) is 24.1. The van der Waals surface area contributed by atoms with Crippen molar-refractivity contribution < 1.29 is 14.3 Å². The highest BCUT2D eigenvalue weighted by molar-refractivity contribution is 5.84. The Kier molecular flexibility index (Phi) is 7.31. The molecule has 3 aromatic carbocycles. The highest BCUT2D eigenvalue weighted by Gasteiger charge is 2.23. The van der Waals surface area contributed by atoms with Crippen LogP contribution in [0.4, 0.5) is 0 Å². The Morgan fingerprint density at radius 1 is 1.00 bits per heavy atom. The summed E-state index contributed by atoms with van der Waals surface area (Å²) in [5.74, 6) is 1.17. The molecular weight excluding hydrogens is 424 g/mol. The second kappa shape index (κ2) is 10.6. The van der Waals surface area contributed by atoms with Crippen LogP contribution in [-0.4, -0.2) is 27.7 Å². The van der Waals surface area contributed by atoms with Gasteiger partial charge in [-0.05, 0) is 57.9 Å². The minimum Gasteiger partial charge on any atom is -0.479 e. The molecule has 0 spiro atoms. The smallest absolute Gasteiger partial charge is 0.347 e. The summed E-state index contributed by atoms with van der Waals surface area (Å²) >= 11 is 0. The van der Waals surface area contributed by atoms with E-state index in [1.54, 1.807) is 0 Å². The Balaban J connectivity index is 1.78. The van der Waals surface area contributed by atoms with Crippen molar-refractivity contribution in [3.63, 3.8) is 0 Å². The second-order valence-electron chi connectivity index (χ2n) is 8.86. The summed E-state index contributed by atoms with van der Waals surface area (Å²) in [5, 5.41) is 0. The highest BCUT2D eigenvalue weighted by Crippen LogP contribution is 2.31. The maximum atomic E-state index is 12.7. The monoisotopic (exact) mass is 456 g/mol. The van der Waals surface area contributed by atoms with Crippen molar-refractivity contribution in [2.24, 2.45) is 0 Å². The minimum atomic E-state index is -0.635. The summed E-state index contributed by atoms with van der Waals surface area (Å²) in [5.41, 5.74) is 5.03. The van der Waals surface area contributed by atoms with E-state index in [2.05, 4.69) is 54.8 Å². The number of carbonyl (C=O) groups excluding carboxylic acids is 1. The van der Waals surface area contributed by atoms with Gasteiger partial charge in [0.05, 0.1) is 17.1 Å². The number of carbonyl (C=O) groups is 1. The molecule has 1 aromatic heterocycles. The van der Waals surface area contributed by atoms with Crippen molar-refractivity contribution in [2.75, 3.05) is 0 Å². The summed E-state index contributed by atoms with van der Waals surface area (Å²) in [7, 11) is 0. The van der Waals surface area contributed by atoms with E-state index in [-0.39, 0.29) is 12.1 Å². The number of nitrogens with zero attached hydrogens (tertiary/aromatic N) is 2. The van der Waals surface area contributed by atoms with Gasteiger partial charge < -0.3 is 9.47 Å². The summed E-state index contributed by atoms with van der Waals surface area (Å²) in [6.45, 7) is 7.88. The number of hydrogen-bond donors (Lipinski definition) is 0. The van der Waals surface area contributed by atoms with E-state index >= 15 is 0 Å². The predicted molar refractivity (Wildman–Crippen MR) is 136 cm³/mol. The average Bonchev–Trinajstić information content (AvgIpc) is 3.21. The average molecular weight is 457 g/mol. The van der Waals surface area contributed by atoms with Crippen LogP contribution in [0, 0.1) is 6.92 Å². The molecule has 1 heterocycles. The molecule has 0 bridgehead atoms. The fourth-order valence-corrected chi connectivity index (χ4v) is 3.95. The van der Waals surface area contributed by atoms with Crippen LogP contribution < -0.4 is 4.74 Å². The molecule has 0 aliphatic heterocycles. The highest BCUT2D eigenvalue weighted by atomic mass is 16.6. The van der Waals surface area contributed by atoms with Gasteiger partial charge in [0.25, 0.3) is 0 Å². The first-order valence-corrected chi connectivity index (χ1v) is 12.0. The van der Waals surface area contributed by atoms with Gasteiger partial charge in [0.1, 0.15) is 11.6 Å². The summed E-state index contributed by atoms with van der Waals surface area (Å²) in [6, 6.07) is 24.3. The van der Waals surface area contributed by atoms with Crippen molar-refractivity contribution >= 4 is 17.0 Å².